The second-order valence-electron chi connectivity index (χ2n) is 9.82. The van der Waals surface area contributed by atoms with Crippen LogP contribution in [-0.2, 0) is 31.7 Å². The quantitative estimate of drug-likeness (QED) is 0.637. The first kappa shape index (κ1) is 22.4. The highest BCUT2D eigenvalue weighted by Crippen LogP contribution is 2.38. The number of nitrogens with one attached hydrogen (secondary N) is 1. The Hall–Kier alpha value is -3.36. The van der Waals surface area contributed by atoms with Gasteiger partial charge in [0.1, 0.15) is 11.4 Å². The highest BCUT2D eigenvalue weighted by atomic mass is 16.5. The van der Waals surface area contributed by atoms with Gasteiger partial charge < -0.3 is 14.6 Å². The second kappa shape index (κ2) is 8.14. The van der Waals surface area contributed by atoms with Crippen LogP contribution in [0.1, 0.15) is 48.2 Å². The van der Waals surface area contributed by atoms with Crippen LogP contribution in [0.15, 0.2) is 21.7 Å². The maximum absolute atomic E-state index is 13.0. The van der Waals surface area contributed by atoms with Crippen LogP contribution < -0.4 is 16.0 Å². The van der Waals surface area contributed by atoms with Crippen LogP contribution in [0.3, 0.4) is 0 Å². The predicted octanol–water partition coefficient (Wildman–Crippen LogP) is 1.90. The predicted molar refractivity (Wildman–Crippen MR) is 128 cm³/mol. The average Bonchev–Trinajstić information content (AvgIpc) is 3.31. The molecule has 34 heavy (non-hydrogen) atoms. The molecule has 4 heterocycles. The van der Waals surface area contributed by atoms with Gasteiger partial charge in [0.05, 0.1) is 16.6 Å². The standard InChI is InChI=1S/C25H31N5O4/c1-15-12-18-19(13-16(15)2)27-20(26-18)6-7-21(31)30-10-5-8-25(9-11-30)14-17-22(32)28(3)24(33)29(4)23(17)34-25/h12-13H,5-11,14H2,1-4H3,(H,26,27)/t25-/m0/s1. The van der Waals surface area contributed by atoms with Gasteiger partial charge in [-0.2, -0.15) is 0 Å². The molecular formula is C25H31N5O4. The number of likely N-dealkylation sites (tertiary alicyclic amines) is 1. The molecule has 1 atom stereocenters. The zero-order chi connectivity index (χ0) is 24.2. The van der Waals surface area contributed by atoms with E-state index in [4.69, 9.17) is 4.74 Å². The third kappa shape index (κ3) is 3.73. The van der Waals surface area contributed by atoms with Crippen LogP contribution in [0.2, 0.25) is 0 Å². The van der Waals surface area contributed by atoms with Crippen LogP contribution in [0.4, 0.5) is 0 Å². The molecule has 1 spiro atoms. The number of amides is 1. The van der Waals surface area contributed by atoms with Crippen LogP contribution >= 0.6 is 0 Å². The van der Waals surface area contributed by atoms with Crippen molar-refractivity contribution in [1.29, 1.82) is 0 Å². The number of carbonyl (C=O) groups is 1. The molecule has 1 fully saturated rings. The summed E-state index contributed by atoms with van der Waals surface area (Å²) in [6.45, 7) is 5.38. The van der Waals surface area contributed by atoms with Crippen molar-refractivity contribution in [2.45, 2.75) is 58.0 Å². The minimum atomic E-state index is -0.538. The van der Waals surface area contributed by atoms with Crippen molar-refractivity contribution in [1.82, 2.24) is 24.0 Å². The molecule has 1 amide bonds. The summed E-state index contributed by atoms with van der Waals surface area (Å²) in [5.74, 6) is 1.30. The number of nitrogens with zero attached hydrogens (tertiary/aromatic N) is 4. The molecule has 9 nitrogen and oxygen atoms in total. The molecular weight excluding hydrogens is 434 g/mol. The summed E-state index contributed by atoms with van der Waals surface area (Å²) >= 11 is 0. The molecule has 2 aromatic heterocycles. The third-order valence-electron chi connectivity index (χ3n) is 7.48. The van der Waals surface area contributed by atoms with E-state index in [9.17, 15) is 14.4 Å². The van der Waals surface area contributed by atoms with Gasteiger partial charge in [-0.15, -0.1) is 0 Å². The average molecular weight is 466 g/mol. The van der Waals surface area contributed by atoms with Crippen LogP contribution in [0, 0.1) is 13.8 Å². The van der Waals surface area contributed by atoms with E-state index < -0.39 is 5.60 Å². The monoisotopic (exact) mass is 465 g/mol. The molecule has 0 radical (unpaired) electrons. The number of imidazole rings is 1. The van der Waals surface area contributed by atoms with E-state index in [0.29, 0.717) is 50.2 Å². The number of ether oxygens (including phenoxy) is 1. The van der Waals surface area contributed by atoms with Crippen molar-refractivity contribution in [2.24, 2.45) is 14.1 Å². The first-order chi connectivity index (χ1) is 16.2. The molecule has 1 saturated heterocycles. The fourth-order valence-corrected chi connectivity index (χ4v) is 5.26. The minimum Gasteiger partial charge on any atom is -0.471 e. The summed E-state index contributed by atoms with van der Waals surface area (Å²) in [4.78, 5) is 47.8. The molecule has 5 rings (SSSR count). The molecule has 1 aromatic carbocycles. The summed E-state index contributed by atoms with van der Waals surface area (Å²) < 4.78 is 8.82. The molecule has 0 saturated carbocycles. The molecule has 9 heteroatoms. The molecule has 2 aliphatic heterocycles. The van der Waals surface area contributed by atoms with Gasteiger partial charge in [-0.1, -0.05) is 0 Å². The second-order valence-corrected chi connectivity index (χ2v) is 9.82. The van der Waals surface area contributed by atoms with Crippen LogP contribution in [0.5, 0.6) is 5.88 Å². The van der Waals surface area contributed by atoms with E-state index >= 15 is 0 Å². The third-order valence-corrected chi connectivity index (χ3v) is 7.48. The zero-order valence-corrected chi connectivity index (χ0v) is 20.2. The Balaban J connectivity index is 1.25. The fourth-order valence-electron chi connectivity index (χ4n) is 5.26. The lowest BCUT2D eigenvalue weighted by Crippen LogP contribution is -2.38. The highest BCUT2D eigenvalue weighted by molar-refractivity contribution is 5.78. The topological polar surface area (TPSA) is 102 Å². The number of hydrogen-bond acceptors (Lipinski definition) is 5. The smallest absolute Gasteiger partial charge is 0.333 e. The van der Waals surface area contributed by atoms with E-state index in [2.05, 4.69) is 35.9 Å². The van der Waals surface area contributed by atoms with Crippen molar-refractivity contribution in [3.8, 4) is 5.88 Å². The van der Waals surface area contributed by atoms with Crippen LogP contribution in [0.25, 0.3) is 11.0 Å². The van der Waals surface area contributed by atoms with E-state index in [0.717, 1.165) is 34.3 Å². The van der Waals surface area contributed by atoms with Gasteiger partial charge in [-0.05, 0) is 49.9 Å². The normalized spacial score (nSPS) is 19.9. The summed E-state index contributed by atoms with van der Waals surface area (Å²) in [6, 6.07) is 4.17. The molecule has 0 bridgehead atoms. The number of hydrogen-bond donors (Lipinski definition) is 1. The number of H-pyrrole nitrogens is 1. The summed E-state index contributed by atoms with van der Waals surface area (Å²) in [7, 11) is 3.13. The largest absolute Gasteiger partial charge is 0.471 e. The molecule has 3 aromatic rings. The summed E-state index contributed by atoms with van der Waals surface area (Å²) in [6.07, 6.45) is 3.59. The Kier molecular flexibility index (Phi) is 5.37. The maximum Gasteiger partial charge on any atom is 0.333 e. The number of aromatic amines is 1. The van der Waals surface area contributed by atoms with E-state index in [1.54, 1.807) is 7.05 Å². The molecule has 0 unspecified atom stereocenters. The maximum atomic E-state index is 13.0. The zero-order valence-electron chi connectivity index (χ0n) is 20.2. The van der Waals surface area contributed by atoms with Gasteiger partial charge >= 0.3 is 5.69 Å². The van der Waals surface area contributed by atoms with Crippen molar-refractivity contribution >= 4 is 16.9 Å². The van der Waals surface area contributed by atoms with Gasteiger partial charge in [0.2, 0.25) is 11.8 Å². The fraction of sp³-hybridized carbons (Fsp3) is 0.520. The highest BCUT2D eigenvalue weighted by Gasteiger charge is 2.44. The number of rotatable bonds is 3. The lowest BCUT2D eigenvalue weighted by Gasteiger charge is -2.27. The van der Waals surface area contributed by atoms with E-state index in [1.807, 2.05) is 4.90 Å². The number of fused-ring (bicyclic) bond motifs is 2. The summed E-state index contributed by atoms with van der Waals surface area (Å²) in [5.41, 5.74) is 3.69. The number of benzene rings is 1. The van der Waals surface area contributed by atoms with E-state index in [1.165, 1.54) is 22.7 Å². The number of carbonyl (C=O) groups excluding carboxylic acids is 1. The first-order valence-electron chi connectivity index (χ1n) is 11.9. The Morgan fingerprint density at radius 3 is 2.68 bits per heavy atom. The van der Waals surface area contributed by atoms with Crippen molar-refractivity contribution in [2.75, 3.05) is 13.1 Å². The number of aromatic nitrogens is 4. The van der Waals surface area contributed by atoms with Gasteiger partial charge in [0, 0.05) is 52.9 Å². The van der Waals surface area contributed by atoms with Crippen molar-refractivity contribution < 1.29 is 9.53 Å². The summed E-state index contributed by atoms with van der Waals surface area (Å²) in [5, 5.41) is 0. The molecule has 0 aliphatic carbocycles. The lowest BCUT2D eigenvalue weighted by molar-refractivity contribution is -0.131. The van der Waals surface area contributed by atoms with Crippen LogP contribution in [-0.4, -0.2) is 48.6 Å². The Labute approximate surface area is 197 Å². The molecule has 1 N–H and O–H groups in total. The van der Waals surface area contributed by atoms with Gasteiger partial charge in [-0.25, -0.2) is 9.78 Å². The minimum absolute atomic E-state index is 0.101. The SMILES string of the molecule is Cc1cc2nc(CCC(=O)N3CCC[C@]4(CC3)Cc3c(n(C)c(=O)n(C)c3=O)O4)[nH]c2cc1C. The lowest BCUT2D eigenvalue weighted by atomic mass is 9.90. The Bertz CT molecular complexity index is 1380. The van der Waals surface area contributed by atoms with Crippen molar-refractivity contribution in [3.05, 3.63) is 55.5 Å². The van der Waals surface area contributed by atoms with Gasteiger partial charge in [-0.3, -0.25) is 18.7 Å². The Morgan fingerprint density at radius 2 is 1.88 bits per heavy atom. The Morgan fingerprint density at radius 1 is 1.12 bits per heavy atom. The molecule has 180 valence electrons. The van der Waals surface area contributed by atoms with E-state index in [-0.39, 0.29) is 17.2 Å². The van der Waals surface area contributed by atoms with Gasteiger partial charge in [0.25, 0.3) is 5.56 Å². The first-order valence-corrected chi connectivity index (χ1v) is 11.9. The number of aryl methyl sites for hydroxylation is 3. The van der Waals surface area contributed by atoms with Gasteiger partial charge in [0.15, 0.2) is 0 Å². The molecule has 2 aliphatic rings. The van der Waals surface area contributed by atoms with Crippen molar-refractivity contribution in [3.63, 3.8) is 0 Å².